The van der Waals surface area contributed by atoms with Gasteiger partial charge < -0.3 is 0 Å². The first-order valence-electron chi connectivity index (χ1n) is 9.07. The van der Waals surface area contributed by atoms with Crippen LogP contribution in [0.2, 0.25) is 0 Å². The fourth-order valence-electron chi connectivity index (χ4n) is 4.08. The van der Waals surface area contributed by atoms with Crippen LogP contribution in [0.1, 0.15) is 47.2 Å². The predicted octanol–water partition coefficient (Wildman–Crippen LogP) is 6.91. The maximum atomic E-state index is 2.34. The normalized spacial score (nSPS) is 11.6. The average molecular weight is 328 g/mol. The first-order chi connectivity index (χ1) is 11.8. The first-order valence-corrected chi connectivity index (χ1v) is 9.07. The molecule has 0 fully saturated rings. The summed E-state index contributed by atoms with van der Waals surface area (Å²) in [6.07, 6.45) is 0. The quantitative estimate of drug-likeness (QED) is 0.490. The van der Waals surface area contributed by atoms with Gasteiger partial charge in [0.1, 0.15) is 0 Å². The molecular weight excluding hydrogens is 300 g/mol. The highest BCUT2D eigenvalue weighted by Gasteiger charge is 2.27. The molecule has 25 heavy (non-hydrogen) atoms. The molecule has 0 unspecified atom stereocenters. The molecule has 128 valence electrons. The molecule has 3 aromatic rings. The Hall–Kier alpha value is -2.34. The van der Waals surface area contributed by atoms with Crippen LogP contribution in [0.25, 0.3) is 11.1 Å². The zero-order chi connectivity index (χ0) is 18.2. The summed E-state index contributed by atoms with van der Waals surface area (Å²) < 4.78 is 0. The second-order valence-electron chi connectivity index (χ2n) is 7.67. The Morgan fingerprint density at radius 2 is 1.12 bits per heavy atom. The van der Waals surface area contributed by atoms with E-state index in [1.807, 2.05) is 0 Å². The molecule has 0 spiro atoms. The molecule has 0 heteroatoms. The van der Waals surface area contributed by atoms with Gasteiger partial charge in [-0.2, -0.15) is 0 Å². The average Bonchev–Trinajstić information content (AvgIpc) is 2.58. The molecule has 3 rings (SSSR count). The highest BCUT2D eigenvalue weighted by atomic mass is 14.3. The van der Waals surface area contributed by atoms with E-state index in [0.29, 0.717) is 0 Å². The van der Waals surface area contributed by atoms with Crippen LogP contribution >= 0.6 is 0 Å². The molecule has 0 atom stereocenters. The van der Waals surface area contributed by atoms with Crippen LogP contribution < -0.4 is 0 Å². The summed E-state index contributed by atoms with van der Waals surface area (Å²) in [6.45, 7) is 13.6. The molecule has 0 nitrogen and oxygen atoms in total. The molecule has 0 aromatic heterocycles. The van der Waals surface area contributed by atoms with Crippen molar-refractivity contribution in [1.29, 1.82) is 0 Å². The van der Waals surface area contributed by atoms with Gasteiger partial charge in [-0.3, -0.25) is 0 Å². The molecule has 0 aliphatic heterocycles. The Kier molecular flexibility index (Phi) is 4.56. The number of rotatable bonds is 3. The lowest BCUT2D eigenvalue weighted by molar-refractivity contribution is 0.630. The smallest absolute Gasteiger partial charge is 0.0151 e. The fourth-order valence-corrected chi connectivity index (χ4v) is 4.08. The van der Waals surface area contributed by atoms with Crippen molar-refractivity contribution in [2.45, 2.75) is 47.0 Å². The van der Waals surface area contributed by atoms with Gasteiger partial charge in [0, 0.05) is 5.41 Å². The van der Waals surface area contributed by atoms with Crippen LogP contribution in [0, 0.1) is 27.7 Å². The largest absolute Gasteiger partial charge is 0.0620 e. The molecule has 0 radical (unpaired) electrons. The molecule has 0 saturated carbocycles. The van der Waals surface area contributed by atoms with Gasteiger partial charge >= 0.3 is 0 Å². The second-order valence-corrected chi connectivity index (χ2v) is 7.67. The predicted molar refractivity (Wildman–Crippen MR) is 109 cm³/mol. The molecular formula is C25H28. The van der Waals surface area contributed by atoms with E-state index in [-0.39, 0.29) is 5.41 Å². The highest BCUT2D eigenvalue weighted by molar-refractivity contribution is 5.72. The van der Waals surface area contributed by atoms with Gasteiger partial charge in [0.05, 0.1) is 0 Å². The lowest BCUT2D eigenvalue weighted by Gasteiger charge is -2.31. The lowest BCUT2D eigenvalue weighted by Crippen LogP contribution is -2.22. The Bertz CT molecular complexity index is 913. The van der Waals surface area contributed by atoms with E-state index in [0.717, 1.165) is 0 Å². The molecule has 3 aromatic carbocycles. The summed E-state index contributed by atoms with van der Waals surface area (Å²) in [7, 11) is 0. The number of hydrogen-bond acceptors (Lipinski definition) is 0. The summed E-state index contributed by atoms with van der Waals surface area (Å²) >= 11 is 0. The SMILES string of the molecule is Cc1ccccc1-c1ccc(C(C)(C)c2ccccc2C)c(C)c1C. The fraction of sp³-hybridized carbons (Fsp3) is 0.280. The van der Waals surface area contributed by atoms with Crippen LogP contribution in [0.3, 0.4) is 0 Å². The molecule has 0 amide bonds. The van der Waals surface area contributed by atoms with E-state index in [1.54, 1.807) is 0 Å². The summed E-state index contributed by atoms with van der Waals surface area (Å²) in [5.74, 6) is 0. The molecule has 0 aliphatic rings. The van der Waals surface area contributed by atoms with Gasteiger partial charge in [0.25, 0.3) is 0 Å². The van der Waals surface area contributed by atoms with Gasteiger partial charge in [-0.05, 0) is 72.2 Å². The van der Waals surface area contributed by atoms with Crippen molar-refractivity contribution < 1.29 is 0 Å². The minimum Gasteiger partial charge on any atom is -0.0620 e. The van der Waals surface area contributed by atoms with Crippen molar-refractivity contribution in [2.24, 2.45) is 0 Å². The second kappa shape index (κ2) is 6.52. The van der Waals surface area contributed by atoms with Crippen molar-refractivity contribution in [3.8, 4) is 11.1 Å². The molecule has 0 N–H and O–H groups in total. The monoisotopic (exact) mass is 328 g/mol. The zero-order valence-electron chi connectivity index (χ0n) is 16.3. The maximum absolute atomic E-state index is 2.34. The van der Waals surface area contributed by atoms with Gasteiger partial charge in [-0.25, -0.2) is 0 Å². The van der Waals surface area contributed by atoms with E-state index in [2.05, 4.69) is 102 Å². The van der Waals surface area contributed by atoms with Gasteiger partial charge in [0.15, 0.2) is 0 Å². The van der Waals surface area contributed by atoms with Crippen LogP contribution in [-0.2, 0) is 5.41 Å². The van der Waals surface area contributed by atoms with Crippen molar-refractivity contribution in [3.05, 3.63) is 94.0 Å². The van der Waals surface area contributed by atoms with Crippen molar-refractivity contribution in [2.75, 3.05) is 0 Å². The van der Waals surface area contributed by atoms with Crippen LogP contribution in [0.15, 0.2) is 60.7 Å². The van der Waals surface area contributed by atoms with Crippen molar-refractivity contribution in [1.82, 2.24) is 0 Å². The van der Waals surface area contributed by atoms with E-state index in [1.165, 1.54) is 44.5 Å². The van der Waals surface area contributed by atoms with Gasteiger partial charge in [0.2, 0.25) is 0 Å². The third-order valence-corrected chi connectivity index (χ3v) is 5.71. The lowest BCUT2D eigenvalue weighted by atomic mass is 9.73. The van der Waals surface area contributed by atoms with Crippen LogP contribution in [-0.4, -0.2) is 0 Å². The molecule has 0 heterocycles. The molecule has 0 saturated heterocycles. The zero-order valence-corrected chi connectivity index (χ0v) is 16.3. The van der Waals surface area contributed by atoms with Crippen molar-refractivity contribution in [3.63, 3.8) is 0 Å². The summed E-state index contributed by atoms with van der Waals surface area (Å²) in [4.78, 5) is 0. The number of hydrogen-bond donors (Lipinski definition) is 0. The highest BCUT2D eigenvalue weighted by Crippen LogP contribution is 2.39. The Labute approximate surface area is 152 Å². The minimum atomic E-state index is -0.00948. The van der Waals surface area contributed by atoms with Gasteiger partial charge in [-0.15, -0.1) is 0 Å². The molecule has 0 aliphatic carbocycles. The summed E-state index contributed by atoms with van der Waals surface area (Å²) in [6, 6.07) is 22.0. The Morgan fingerprint density at radius 3 is 1.76 bits per heavy atom. The third-order valence-electron chi connectivity index (χ3n) is 5.71. The van der Waals surface area contributed by atoms with E-state index >= 15 is 0 Å². The Morgan fingerprint density at radius 1 is 0.520 bits per heavy atom. The first kappa shape index (κ1) is 17.5. The topological polar surface area (TPSA) is 0 Å². The van der Waals surface area contributed by atoms with E-state index in [4.69, 9.17) is 0 Å². The van der Waals surface area contributed by atoms with E-state index < -0.39 is 0 Å². The molecule has 0 bridgehead atoms. The minimum absolute atomic E-state index is 0.00948. The summed E-state index contributed by atoms with van der Waals surface area (Å²) in [5, 5.41) is 0. The number of benzene rings is 3. The van der Waals surface area contributed by atoms with Gasteiger partial charge in [-0.1, -0.05) is 74.5 Å². The third kappa shape index (κ3) is 3.02. The summed E-state index contributed by atoms with van der Waals surface area (Å²) in [5.41, 5.74) is 11.0. The van der Waals surface area contributed by atoms with E-state index in [9.17, 15) is 0 Å². The number of aryl methyl sites for hydroxylation is 2. The maximum Gasteiger partial charge on any atom is 0.0151 e. The standard InChI is InChI=1S/C25H28/c1-17-11-7-9-13-21(17)22-15-16-24(20(4)19(22)3)25(5,6)23-14-10-8-12-18(23)2/h7-16H,1-6H3. The van der Waals surface area contributed by atoms with Crippen LogP contribution in [0.5, 0.6) is 0 Å². The van der Waals surface area contributed by atoms with Crippen molar-refractivity contribution >= 4 is 0 Å². The Balaban J connectivity index is 2.16. The van der Waals surface area contributed by atoms with Crippen LogP contribution in [0.4, 0.5) is 0 Å².